The van der Waals surface area contributed by atoms with E-state index < -0.39 is 11.6 Å². The molecule has 0 aromatic heterocycles. The van der Waals surface area contributed by atoms with Gasteiger partial charge in [-0.3, -0.25) is 4.79 Å². The van der Waals surface area contributed by atoms with Crippen molar-refractivity contribution < 1.29 is 13.6 Å². The normalized spacial score (nSPS) is 27.3. The molecule has 3 heteroatoms. The second-order valence-corrected chi connectivity index (χ2v) is 6.03. The van der Waals surface area contributed by atoms with E-state index in [9.17, 15) is 13.6 Å². The Hall–Kier alpha value is -1.25. The second kappa shape index (κ2) is 5.40. The van der Waals surface area contributed by atoms with Gasteiger partial charge in [-0.25, -0.2) is 8.78 Å². The quantitative estimate of drug-likeness (QED) is 0.719. The molecule has 0 bridgehead atoms. The molecule has 1 fully saturated rings. The van der Waals surface area contributed by atoms with Crippen LogP contribution in [0, 0.1) is 36.3 Å². The SMILES string of the molecule is Cc1ccc(F)c(C(=O)C2CC(C)CC(C)C2)c1F. The number of Topliss-reactive ketones (excluding diaryl/α,β-unsaturated/α-hetero) is 1. The van der Waals surface area contributed by atoms with Crippen LogP contribution in [0.3, 0.4) is 0 Å². The smallest absolute Gasteiger partial charge is 0.171 e. The molecule has 0 spiro atoms. The van der Waals surface area contributed by atoms with E-state index in [4.69, 9.17) is 0 Å². The summed E-state index contributed by atoms with van der Waals surface area (Å²) in [6, 6.07) is 2.55. The van der Waals surface area contributed by atoms with Crippen molar-refractivity contribution in [2.24, 2.45) is 17.8 Å². The third-order valence-corrected chi connectivity index (χ3v) is 4.08. The first-order valence-corrected chi connectivity index (χ1v) is 6.89. The van der Waals surface area contributed by atoms with Gasteiger partial charge < -0.3 is 0 Å². The van der Waals surface area contributed by atoms with Gasteiger partial charge in [0.2, 0.25) is 0 Å². The number of hydrogen-bond acceptors (Lipinski definition) is 1. The molecule has 1 aromatic rings. The van der Waals surface area contributed by atoms with Crippen LogP contribution in [-0.4, -0.2) is 5.78 Å². The Balaban J connectivity index is 2.32. The molecule has 0 amide bonds. The lowest BCUT2D eigenvalue weighted by Crippen LogP contribution is -2.27. The maximum atomic E-state index is 14.0. The lowest BCUT2D eigenvalue weighted by molar-refractivity contribution is 0.0827. The van der Waals surface area contributed by atoms with Crippen LogP contribution in [0.5, 0.6) is 0 Å². The summed E-state index contributed by atoms with van der Waals surface area (Å²) in [4.78, 5) is 12.4. The van der Waals surface area contributed by atoms with E-state index in [0.29, 0.717) is 17.4 Å². The van der Waals surface area contributed by atoms with Gasteiger partial charge in [-0.1, -0.05) is 19.9 Å². The van der Waals surface area contributed by atoms with Gasteiger partial charge in [-0.2, -0.15) is 0 Å². The molecule has 2 rings (SSSR count). The standard InChI is InChI=1S/C16H20F2O/c1-9-6-10(2)8-12(7-9)16(19)14-13(17)5-4-11(3)15(14)18/h4-5,9-10,12H,6-8H2,1-3H3. The van der Waals surface area contributed by atoms with Crippen molar-refractivity contribution in [2.45, 2.75) is 40.0 Å². The molecule has 0 N–H and O–H groups in total. The first-order chi connectivity index (χ1) is 8.90. The number of carbonyl (C=O) groups excluding carboxylic acids is 1. The van der Waals surface area contributed by atoms with Crippen molar-refractivity contribution >= 4 is 5.78 Å². The lowest BCUT2D eigenvalue weighted by atomic mass is 9.74. The number of carbonyl (C=O) groups is 1. The van der Waals surface area contributed by atoms with Gasteiger partial charge in [-0.15, -0.1) is 0 Å². The maximum Gasteiger partial charge on any atom is 0.171 e. The second-order valence-electron chi connectivity index (χ2n) is 6.03. The van der Waals surface area contributed by atoms with Crippen molar-refractivity contribution in [3.8, 4) is 0 Å². The number of ketones is 1. The Morgan fingerprint density at radius 3 is 2.26 bits per heavy atom. The van der Waals surface area contributed by atoms with Crippen molar-refractivity contribution in [2.75, 3.05) is 0 Å². The van der Waals surface area contributed by atoms with E-state index in [1.807, 2.05) is 0 Å². The predicted molar refractivity (Wildman–Crippen MR) is 71.1 cm³/mol. The highest BCUT2D eigenvalue weighted by Crippen LogP contribution is 2.35. The molecule has 0 saturated heterocycles. The minimum atomic E-state index is -0.737. The van der Waals surface area contributed by atoms with Crippen LogP contribution in [0.2, 0.25) is 0 Å². The third-order valence-electron chi connectivity index (χ3n) is 4.08. The van der Waals surface area contributed by atoms with Crippen molar-refractivity contribution in [1.29, 1.82) is 0 Å². The zero-order valence-corrected chi connectivity index (χ0v) is 11.7. The maximum absolute atomic E-state index is 14.0. The summed E-state index contributed by atoms with van der Waals surface area (Å²) < 4.78 is 27.8. The highest BCUT2D eigenvalue weighted by Gasteiger charge is 2.32. The van der Waals surface area contributed by atoms with Gasteiger partial charge in [0.1, 0.15) is 11.6 Å². The van der Waals surface area contributed by atoms with Crippen molar-refractivity contribution in [3.05, 3.63) is 34.9 Å². The molecular weight excluding hydrogens is 246 g/mol. The van der Waals surface area contributed by atoms with Gasteiger partial charge >= 0.3 is 0 Å². The first kappa shape index (κ1) is 14.2. The van der Waals surface area contributed by atoms with E-state index >= 15 is 0 Å². The molecule has 2 unspecified atom stereocenters. The summed E-state index contributed by atoms with van der Waals surface area (Å²) in [6.45, 7) is 5.75. The van der Waals surface area contributed by atoms with E-state index in [1.54, 1.807) is 6.92 Å². The number of rotatable bonds is 2. The average Bonchev–Trinajstić information content (AvgIpc) is 2.33. The minimum absolute atomic E-state index is 0.246. The topological polar surface area (TPSA) is 17.1 Å². The van der Waals surface area contributed by atoms with E-state index in [1.165, 1.54) is 12.1 Å². The molecule has 104 valence electrons. The van der Waals surface area contributed by atoms with Gasteiger partial charge in [0.05, 0.1) is 5.56 Å². The molecule has 1 aromatic carbocycles. The third kappa shape index (κ3) is 2.85. The Morgan fingerprint density at radius 1 is 1.11 bits per heavy atom. The molecular formula is C16H20F2O. The number of hydrogen-bond donors (Lipinski definition) is 0. The van der Waals surface area contributed by atoms with Crippen LogP contribution >= 0.6 is 0 Å². The van der Waals surface area contributed by atoms with E-state index in [-0.39, 0.29) is 17.3 Å². The van der Waals surface area contributed by atoms with Gasteiger partial charge in [0.15, 0.2) is 5.78 Å². The fraction of sp³-hybridized carbons (Fsp3) is 0.562. The highest BCUT2D eigenvalue weighted by molar-refractivity contribution is 5.98. The Labute approximate surface area is 113 Å². The summed E-state index contributed by atoms with van der Waals surface area (Å²) in [5, 5.41) is 0. The molecule has 1 aliphatic carbocycles. The van der Waals surface area contributed by atoms with Crippen molar-refractivity contribution in [3.63, 3.8) is 0 Å². The lowest BCUT2D eigenvalue weighted by Gasteiger charge is -2.30. The highest BCUT2D eigenvalue weighted by atomic mass is 19.1. The molecule has 19 heavy (non-hydrogen) atoms. The molecule has 0 radical (unpaired) electrons. The fourth-order valence-corrected chi connectivity index (χ4v) is 3.25. The Morgan fingerprint density at radius 2 is 1.68 bits per heavy atom. The Bertz CT molecular complexity index is 486. The summed E-state index contributed by atoms with van der Waals surface area (Å²) in [5.41, 5.74) is -0.0204. The molecule has 1 aliphatic rings. The molecule has 2 atom stereocenters. The van der Waals surface area contributed by atoms with Crippen LogP contribution in [0.25, 0.3) is 0 Å². The summed E-state index contributed by atoms with van der Waals surface area (Å²) in [7, 11) is 0. The van der Waals surface area contributed by atoms with Crippen LogP contribution in [0.4, 0.5) is 8.78 Å². The largest absolute Gasteiger partial charge is 0.294 e. The molecule has 0 aliphatic heterocycles. The van der Waals surface area contributed by atoms with Crippen LogP contribution in [-0.2, 0) is 0 Å². The number of halogens is 2. The first-order valence-electron chi connectivity index (χ1n) is 6.89. The number of aryl methyl sites for hydroxylation is 1. The van der Waals surface area contributed by atoms with Crippen LogP contribution in [0.15, 0.2) is 12.1 Å². The summed E-state index contributed by atoms with van der Waals surface area (Å²) in [5.74, 6) is -1.17. The van der Waals surface area contributed by atoms with Gasteiger partial charge in [-0.05, 0) is 49.7 Å². The Kier molecular flexibility index (Phi) is 4.02. The van der Waals surface area contributed by atoms with Gasteiger partial charge in [0, 0.05) is 5.92 Å². The van der Waals surface area contributed by atoms with E-state index in [2.05, 4.69) is 13.8 Å². The minimum Gasteiger partial charge on any atom is -0.294 e. The predicted octanol–water partition coefficient (Wildman–Crippen LogP) is 4.53. The summed E-state index contributed by atoms with van der Waals surface area (Å²) in [6.07, 6.45) is 2.55. The number of benzene rings is 1. The van der Waals surface area contributed by atoms with Gasteiger partial charge in [0.25, 0.3) is 0 Å². The molecule has 1 nitrogen and oxygen atoms in total. The zero-order valence-electron chi connectivity index (χ0n) is 11.7. The van der Waals surface area contributed by atoms with Crippen LogP contribution in [0.1, 0.15) is 49.0 Å². The average molecular weight is 266 g/mol. The fourth-order valence-electron chi connectivity index (χ4n) is 3.25. The zero-order chi connectivity index (χ0) is 14.2. The molecule has 1 saturated carbocycles. The summed E-state index contributed by atoms with van der Waals surface area (Å²) >= 11 is 0. The van der Waals surface area contributed by atoms with Crippen LogP contribution < -0.4 is 0 Å². The van der Waals surface area contributed by atoms with E-state index in [0.717, 1.165) is 19.3 Å². The van der Waals surface area contributed by atoms with Crippen molar-refractivity contribution in [1.82, 2.24) is 0 Å². The molecule has 0 heterocycles. The monoisotopic (exact) mass is 266 g/mol.